The van der Waals surface area contributed by atoms with E-state index in [-0.39, 0.29) is 0 Å². The maximum atomic E-state index is 11.0. The smallest absolute Gasteiger partial charge is 0.281 e. The number of nitrogens with zero attached hydrogens (tertiary/aromatic N) is 2. The third kappa shape index (κ3) is 0.984. The van der Waals surface area contributed by atoms with Gasteiger partial charge in [0, 0.05) is 10.4 Å². The third-order valence-corrected chi connectivity index (χ3v) is 2.22. The Morgan fingerprint density at radius 3 is 3.17 bits per heavy atom. The van der Waals surface area contributed by atoms with Crippen molar-refractivity contribution in [3.63, 3.8) is 0 Å². The zero-order chi connectivity index (χ0) is 8.55. The van der Waals surface area contributed by atoms with Crippen LogP contribution in [0.25, 0.3) is 11.0 Å². The van der Waals surface area contributed by atoms with Crippen molar-refractivity contribution in [3.8, 4) is 5.75 Å². The molecule has 0 aliphatic rings. The monoisotopic (exact) mass is 182 g/mol. The predicted octanol–water partition coefficient (Wildman–Crippen LogP) is 0.938. The first kappa shape index (κ1) is 7.30. The lowest BCUT2D eigenvalue weighted by molar-refractivity contribution is -0.500. The van der Waals surface area contributed by atoms with Gasteiger partial charge in [-0.05, 0) is 12.1 Å². The number of hydrogen-bond acceptors (Lipinski definition) is 4. The maximum absolute atomic E-state index is 11.0. The van der Waals surface area contributed by atoms with Crippen molar-refractivity contribution in [1.82, 2.24) is 4.37 Å². The standard InChI is InChI=1S/C7H6N2O2S/c1-11-5-2-3-7-6(4-5)8-12-9(7)10/h2-4H,1H3. The molecule has 2 rings (SSSR count). The minimum absolute atomic E-state index is 0.584. The first-order chi connectivity index (χ1) is 5.81. The van der Waals surface area contributed by atoms with Crippen molar-refractivity contribution in [2.75, 3.05) is 7.11 Å². The Hall–Kier alpha value is -1.36. The second-order valence-corrected chi connectivity index (χ2v) is 2.96. The van der Waals surface area contributed by atoms with E-state index in [1.54, 1.807) is 25.3 Å². The third-order valence-electron chi connectivity index (χ3n) is 1.59. The minimum atomic E-state index is 0.584. The zero-order valence-corrected chi connectivity index (χ0v) is 7.17. The van der Waals surface area contributed by atoms with Crippen LogP contribution in [0, 0.1) is 5.21 Å². The van der Waals surface area contributed by atoms with E-state index in [2.05, 4.69) is 4.37 Å². The van der Waals surface area contributed by atoms with Gasteiger partial charge in [-0.15, -0.1) is 0 Å². The molecule has 62 valence electrons. The highest BCUT2D eigenvalue weighted by Gasteiger charge is 2.08. The SMILES string of the molecule is COc1ccc2c(c1)ns[n+]2[O-]. The zero-order valence-electron chi connectivity index (χ0n) is 6.35. The molecular formula is C7H6N2O2S. The summed E-state index contributed by atoms with van der Waals surface area (Å²) in [6.45, 7) is 0. The minimum Gasteiger partial charge on any atom is -0.700 e. The molecule has 0 aliphatic carbocycles. The fourth-order valence-electron chi connectivity index (χ4n) is 0.983. The molecule has 5 heteroatoms. The lowest BCUT2D eigenvalue weighted by Gasteiger charge is -1.96. The van der Waals surface area contributed by atoms with Gasteiger partial charge in [-0.1, -0.05) is 0 Å². The molecule has 1 aromatic heterocycles. The summed E-state index contributed by atoms with van der Waals surface area (Å²) in [6.07, 6.45) is 0. The molecular weight excluding hydrogens is 176 g/mol. The topological polar surface area (TPSA) is 49.1 Å². The highest BCUT2D eigenvalue weighted by Crippen LogP contribution is 2.16. The molecule has 0 saturated carbocycles. The molecule has 0 atom stereocenters. The highest BCUT2D eigenvalue weighted by atomic mass is 32.1. The number of aromatic nitrogens is 2. The number of fused-ring (bicyclic) bond motifs is 1. The molecule has 0 amide bonds. The van der Waals surface area contributed by atoms with Crippen molar-refractivity contribution >= 4 is 22.8 Å². The predicted molar refractivity (Wildman–Crippen MR) is 45.1 cm³/mol. The quantitative estimate of drug-likeness (QED) is 0.487. The van der Waals surface area contributed by atoms with E-state index < -0.39 is 0 Å². The fraction of sp³-hybridized carbons (Fsp3) is 0.143. The van der Waals surface area contributed by atoms with Crippen molar-refractivity contribution in [2.45, 2.75) is 0 Å². The van der Waals surface area contributed by atoms with E-state index >= 15 is 0 Å². The van der Waals surface area contributed by atoms with Gasteiger partial charge in [0.25, 0.3) is 11.7 Å². The molecule has 0 N–H and O–H groups in total. The largest absolute Gasteiger partial charge is 0.700 e. The number of hydrogen-bond donors (Lipinski definition) is 0. The molecule has 2 aromatic rings. The van der Waals surface area contributed by atoms with Crippen LogP contribution in [0.15, 0.2) is 18.2 Å². The van der Waals surface area contributed by atoms with Crippen molar-refractivity contribution in [3.05, 3.63) is 23.4 Å². The maximum Gasteiger partial charge on any atom is 0.281 e. The van der Waals surface area contributed by atoms with Crippen LogP contribution in [0.5, 0.6) is 5.75 Å². The molecule has 4 nitrogen and oxygen atoms in total. The lowest BCUT2D eigenvalue weighted by Crippen LogP contribution is -2.18. The Bertz CT molecular complexity index is 413. The van der Waals surface area contributed by atoms with Crippen LogP contribution >= 0.6 is 11.7 Å². The fourth-order valence-corrected chi connectivity index (χ4v) is 1.53. The molecule has 0 radical (unpaired) electrons. The van der Waals surface area contributed by atoms with Crippen LogP contribution in [-0.4, -0.2) is 11.5 Å². The molecule has 0 fully saturated rings. The molecule has 0 spiro atoms. The summed E-state index contributed by atoms with van der Waals surface area (Å²) >= 11 is 0.892. The van der Waals surface area contributed by atoms with Crippen LogP contribution in [-0.2, 0) is 0 Å². The Morgan fingerprint density at radius 2 is 2.42 bits per heavy atom. The molecule has 0 aliphatic heterocycles. The Morgan fingerprint density at radius 1 is 1.58 bits per heavy atom. The summed E-state index contributed by atoms with van der Waals surface area (Å²) in [5.41, 5.74) is 1.26. The highest BCUT2D eigenvalue weighted by molar-refractivity contribution is 6.95. The van der Waals surface area contributed by atoms with E-state index in [9.17, 15) is 5.21 Å². The van der Waals surface area contributed by atoms with Gasteiger partial charge in [-0.25, -0.2) is 0 Å². The first-order valence-electron chi connectivity index (χ1n) is 3.35. The van der Waals surface area contributed by atoms with Gasteiger partial charge in [0.05, 0.1) is 7.11 Å². The second-order valence-electron chi connectivity index (χ2n) is 2.28. The number of benzene rings is 1. The number of ether oxygens (including phenoxy) is 1. The van der Waals surface area contributed by atoms with Crippen molar-refractivity contribution < 1.29 is 8.86 Å². The van der Waals surface area contributed by atoms with Crippen LogP contribution in [0.1, 0.15) is 0 Å². The van der Waals surface area contributed by atoms with Crippen molar-refractivity contribution in [1.29, 1.82) is 0 Å². The molecule has 0 bridgehead atoms. The van der Waals surface area contributed by atoms with E-state index in [1.807, 2.05) is 0 Å². The Balaban J connectivity index is 2.69. The Labute approximate surface area is 72.9 Å². The molecule has 12 heavy (non-hydrogen) atoms. The van der Waals surface area contributed by atoms with Gasteiger partial charge in [-0.2, -0.15) is 4.12 Å². The second kappa shape index (κ2) is 2.60. The Kier molecular flexibility index (Phi) is 1.58. The summed E-state index contributed by atoms with van der Waals surface area (Å²) in [5, 5.41) is 11.0. The van der Waals surface area contributed by atoms with Gasteiger partial charge in [0.2, 0.25) is 5.52 Å². The van der Waals surface area contributed by atoms with E-state index in [4.69, 9.17) is 4.74 Å². The number of methoxy groups -OCH3 is 1. The normalized spacial score (nSPS) is 10.4. The average Bonchev–Trinajstić information content (AvgIpc) is 2.47. The summed E-state index contributed by atoms with van der Waals surface area (Å²) in [4.78, 5) is 0. The van der Waals surface area contributed by atoms with Crippen molar-refractivity contribution in [2.24, 2.45) is 0 Å². The van der Waals surface area contributed by atoms with Crippen LogP contribution in [0.4, 0.5) is 0 Å². The van der Waals surface area contributed by atoms with Gasteiger partial charge < -0.3 is 9.94 Å². The molecule has 1 heterocycles. The summed E-state index contributed by atoms with van der Waals surface area (Å²) in [6, 6.07) is 5.18. The summed E-state index contributed by atoms with van der Waals surface area (Å²) in [7, 11) is 1.58. The number of rotatable bonds is 1. The van der Waals surface area contributed by atoms with E-state index in [0.29, 0.717) is 16.8 Å². The summed E-state index contributed by atoms with van der Waals surface area (Å²) in [5.74, 6) is 0.716. The van der Waals surface area contributed by atoms with E-state index in [0.717, 1.165) is 15.8 Å². The molecule has 0 saturated heterocycles. The van der Waals surface area contributed by atoms with Gasteiger partial charge in [0.15, 0.2) is 5.52 Å². The van der Waals surface area contributed by atoms with Crippen LogP contribution in [0.3, 0.4) is 0 Å². The van der Waals surface area contributed by atoms with Gasteiger partial charge >= 0.3 is 0 Å². The molecule has 0 unspecified atom stereocenters. The van der Waals surface area contributed by atoms with Crippen LogP contribution in [0.2, 0.25) is 0 Å². The van der Waals surface area contributed by atoms with E-state index in [1.165, 1.54) is 0 Å². The molecule has 1 aromatic carbocycles. The van der Waals surface area contributed by atoms with Gasteiger partial charge in [0.1, 0.15) is 5.75 Å². The van der Waals surface area contributed by atoms with Crippen LogP contribution < -0.4 is 8.86 Å². The average molecular weight is 182 g/mol. The first-order valence-corrected chi connectivity index (χ1v) is 4.08. The lowest BCUT2D eigenvalue weighted by atomic mass is 10.3. The summed E-state index contributed by atoms with van der Waals surface area (Å²) < 4.78 is 9.70. The van der Waals surface area contributed by atoms with Gasteiger partial charge in [-0.3, -0.25) is 0 Å².